The highest BCUT2D eigenvalue weighted by Crippen LogP contribution is 2.38. The number of fused-ring (bicyclic) bond motifs is 1. The molecule has 2 rings (SSSR count). The van der Waals surface area contributed by atoms with Crippen LogP contribution in [0.2, 0.25) is 0 Å². The molecule has 0 aliphatic carbocycles. The van der Waals surface area contributed by atoms with E-state index in [1.165, 1.54) is 0 Å². The SMILES string of the molecule is CO[C@H]1O[C@@H](CO)[C@@H]2OC(C)(C)O[C@H]12. The molecule has 0 aromatic heterocycles. The van der Waals surface area contributed by atoms with Crippen molar-refractivity contribution < 1.29 is 24.1 Å². The Balaban J connectivity index is 2.12. The number of hydrogen-bond acceptors (Lipinski definition) is 5. The van der Waals surface area contributed by atoms with Crippen LogP contribution in [0.3, 0.4) is 0 Å². The zero-order valence-electron chi connectivity index (χ0n) is 8.60. The summed E-state index contributed by atoms with van der Waals surface area (Å²) in [6.07, 6.45) is -1.28. The quantitative estimate of drug-likeness (QED) is 0.679. The molecule has 0 aromatic rings. The number of aliphatic hydroxyl groups excluding tert-OH is 1. The van der Waals surface area contributed by atoms with Gasteiger partial charge in [0.2, 0.25) is 0 Å². The molecule has 0 spiro atoms. The summed E-state index contributed by atoms with van der Waals surface area (Å²) >= 11 is 0. The first-order valence-electron chi connectivity index (χ1n) is 4.72. The van der Waals surface area contributed by atoms with E-state index in [-0.39, 0.29) is 24.9 Å². The molecule has 5 nitrogen and oxygen atoms in total. The van der Waals surface area contributed by atoms with E-state index in [0.717, 1.165) is 0 Å². The van der Waals surface area contributed by atoms with Crippen molar-refractivity contribution in [3.8, 4) is 0 Å². The highest BCUT2D eigenvalue weighted by Gasteiger charge is 2.55. The third kappa shape index (κ3) is 1.55. The van der Waals surface area contributed by atoms with Crippen LogP contribution in [0, 0.1) is 0 Å². The Labute approximate surface area is 82.9 Å². The number of ether oxygens (including phenoxy) is 4. The molecule has 0 bridgehead atoms. The average Bonchev–Trinajstić information content (AvgIpc) is 2.57. The summed E-state index contributed by atoms with van der Waals surface area (Å²) < 4.78 is 21.8. The van der Waals surface area contributed by atoms with Crippen LogP contribution in [-0.2, 0) is 18.9 Å². The number of rotatable bonds is 2. The van der Waals surface area contributed by atoms with Crippen molar-refractivity contribution in [1.29, 1.82) is 0 Å². The molecule has 2 fully saturated rings. The second kappa shape index (κ2) is 3.43. The molecule has 0 aromatic carbocycles. The molecule has 14 heavy (non-hydrogen) atoms. The lowest BCUT2D eigenvalue weighted by Crippen LogP contribution is -2.31. The molecule has 82 valence electrons. The first-order chi connectivity index (χ1) is 6.57. The van der Waals surface area contributed by atoms with Gasteiger partial charge in [0.15, 0.2) is 12.1 Å². The fraction of sp³-hybridized carbons (Fsp3) is 1.00. The van der Waals surface area contributed by atoms with E-state index < -0.39 is 12.1 Å². The molecule has 0 radical (unpaired) electrons. The smallest absolute Gasteiger partial charge is 0.186 e. The highest BCUT2D eigenvalue weighted by molar-refractivity contribution is 4.94. The molecule has 0 saturated carbocycles. The monoisotopic (exact) mass is 204 g/mol. The van der Waals surface area contributed by atoms with E-state index in [2.05, 4.69) is 0 Å². The highest BCUT2D eigenvalue weighted by atomic mass is 16.8. The summed E-state index contributed by atoms with van der Waals surface area (Å²) in [6, 6.07) is 0. The van der Waals surface area contributed by atoms with Gasteiger partial charge in [-0.15, -0.1) is 0 Å². The summed E-state index contributed by atoms with van der Waals surface area (Å²) in [5.41, 5.74) is 0. The van der Waals surface area contributed by atoms with Crippen LogP contribution in [0.15, 0.2) is 0 Å². The Kier molecular flexibility index (Phi) is 2.53. The Morgan fingerprint density at radius 1 is 1.29 bits per heavy atom. The Hall–Kier alpha value is -0.200. The fourth-order valence-electron chi connectivity index (χ4n) is 1.98. The number of methoxy groups -OCH3 is 1. The molecule has 5 heteroatoms. The summed E-state index contributed by atoms with van der Waals surface area (Å²) in [4.78, 5) is 0. The summed E-state index contributed by atoms with van der Waals surface area (Å²) in [5.74, 6) is -0.622. The second-order valence-corrected chi connectivity index (χ2v) is 4.03. The molecule has 0 unspecified atom stereocenters. The van der Waals surface area contributed by atoms with E-state index in [4.69, 9.17) is 24.1 Å². The normalized spacial score (nSPS) is 45.4. The Morgan fingerprint density at radius 3 is 2.50 bits per heavy atom. The minimum atomic E-state index is -0.622. The third-order valence-electron chi connectivity index (χ3n) is 2.52. The molecule has 2 aliphatic rings. The lowest BCUT2D eigenvalue weighted by Gasteiger charge is -2.22. The van der Waals surface area contributed by atoms with Crippen molar-refractivity contribution in [2.24, 2.45) is 0 Å². The average molecular weight is 204 g/mol. The van der Waals surface area contributed by atoms with E-state index in [1.807, 2.05) is 13.8 Å². The van der Waals surface area contributed by atoms with Crippen molar-refractivity contribution in [3.05, 3.63) is 0 Å². The fourth-order valence-corrected chi connectivity index (χ4v) is 1.98. The van der Waals surface area contributed by atoms with Crippen molar-refractivity contribution >= 4 is 0 Å². The summed E-state index contributed by atoms with van der Waals surface area (Å²) in [5, 5.41) is 9.08. The molecule has 2 aliphatic heterocycles. The molecule has 2 heterocycles. The van der Waals surface area contributed by atoms with Crippen molar-refractivity contribution in [2.75, 3.05) is 13.7 Å². The van der Waals surface area contributed by atoms with Crippen molar-refractivity contribution in [1.82, 2.24) is 0 Å². The van der Waals surface area contributed by atoms with Gasteiger partial charge in [0, 0.05) is 7.11 Å². The second-order valence-electron chi connectivity index (χ2n) is 4.03. The van der Waals surface area contributed by atoms with E-state index in [0.29, 0.717) is 0 Å². The summed E-state index contributed by atoms with van der Waals surface area (Å²) in [6.45, 7) is 3.60. The van der Waals surface area contributed by atoms with Crippen LogP contribution in [0.25, 0.3) is 0 Å². The van der Waals surface area contributed by atoms with Gasteiger partial charge in [-0.05, 0) is 13.8 Å². The van der Waals surface area contributed by atoms with Gasteiger partial charge < -0.3 is 24.1 Å². The largest absolute Gasteiger partial charge is 0.394 e. The van der Waals surface area contributed by atoms with Crippen molar-refractivity contribution in [3.63, 3.8) is 0 Å². The van der Waals surface area contributed by atoms with Crippen LogP contribution >= 0.6 is 0 Å². The van der Waals surface area contributed by atoms with Gasteiger partial charge >= 0.3 is 0 Å². The predicted molar refractivity (Wildman–Crippen MR) is 46.6 cm³/mol. The zero-order chi connectivity index (χ0) is 10.3. The van der Waals surface area contributed by atoms with Gasteiger partial charge in [-0.1, -0.05) is 0 Å². The van der Waals surface area contributed by atoms with Crippen LogP contribution in [-0.4, -0.2) is 49.2 Å². The Bertz CT molecular complexity index is 197. The first kappa shape index (κ1) is 10.3. The van der Waals surface area contributed by atoms with Gasteiger partial charge in [0.05, 0.1) is 6.61 Å². The van der Waals surface area contributed by atoms with E-state index >= 15 is 0 Å². The lowest BCUT2D eigenvalue weighted by molar-refractivity contribution is -0.230. The number of aliphatic hydroxyl groups is 1. The Morgan fingerprint density at radius 2 is 1.93 bits per heavy atom. The van der Waals surface area contributed by atoms with Crippen LogP contribution in [0.5, 0.6) is 0 Å². The summed E-state index contributed by atoms with van der Waals surface area (Å²) in [7, 11) is 1.55. The number of hydrogen-bond donors (Lipinski definition) is 1. The zero-order valence-corrected chi connectivity index (χ0v) is 8.60. The minimum Gasteiger partial charge on any atom is -0.394 e. The third-order valence-corrected chi connectivity index (χ3v) is 2.52. The van der Waals surface area contributed by atoms with Gasteiger partial charge in [-0.25, -0.2) is 0 Å². The van der Waals surface area contributed by atoms with E-state index in [9.17, 15) is 0 Å². The van der Waals surface area contributed by atoms with Crippen LogP contribution < -0.4 is 0 Å². The maximum atomic E-state index is 9.08. The molecule has 2 saturated heterocycles. The van der Waals surface area contributed by atoms with Gasteiger partial charge in [-0.2, -0.15) is 0 Å². The molecule has 0 amide bonds. The maximum absolute atomic E-state index is 9.08. The van der Waals surface area contributed by atoms with Crippen LogP contribution in [0.4, 0.5) is 0 Å². The van der Waals surface area contributed by atoms with Gasteiger partial charge in [0.25, 0.3) is 0 Å². The lowest BCUT2D eigenvalue weighted by atomic mass is 10.1. The van der Waals surface area contributed by atoms with Crippen molar-refractivity contribution in [2.45, 2.75) is 44.2 Å². The predicted octanol–water partition coefficient (Wildman–Crippen LogP) is -0.130. The molecular weight excluding hydrogens is 188 g/mol. The molecule has 1 N–H and O–H groups in total. The van der Waals surface area contributed by atoms with E-state index in [1.54, 1.807) is 7.11 Å². The van der Waals surface area contributed by atoms with Crippen LogP contribution in [0.1, 0.15) is 13.8 Å². The van der Waals surface area contributed by atoms with Gasteiger partial charge in [0.1, 0.15) is 18.3 Å². The molecular formula is C9H16O5. The maximum Gasteiger partial charge on any atom is 0.186 e. The minimum absolute atomic E-state index is 0.0829. The standard InChI is InChI=1S/C9H16O5/c1-9(2)13-6-5(4-10)12-8(11-3)7(6)14-9/h5-8,10H,4H2,1-3H3/t5-,6-,7-,8-/m0/s1. The first-order valence-corrected chi connectivity index (χ1v) is 4.72. The molecule has 4 atom stereocenters. The van der Waals surface area contributed by atoms with Gasteiger partial charge in [-0.3, -0.25) is 0 Å². The topological polar surface area (TPSA) is 57.2 Å².